The molecule has 0 unspecified atom stereocenters. The predicted molar refractivity (Wildman–Crippen MR) is 117 cm³/mol. The number of benzene rings is 2. The maximum absolute atomic E-state index is 12.7. The summed E-state index contributed by atoms with van der Waals surface area (Å²) in [5.74, 6) is -1.47. The van der Waals surface area contributed by atoms with E-state index in [4.69, 9.17) is 0 Å². The normalized spacial score (nSPS) is 14.1. The van der Waals surface area contributed by atoms with Crippen molar-refractivity contribution in [3.63, 3.8) is 0 Å². The first kappa shape index (κ1) is 21.2. The Morgan fingerprint density at radius 3 is 2.06 bits per heavy atom. The molecule has 0 bridgehead atoms. The molecule has 0 saturated carbocycles. The van der Waals surface area contributed by atoms with Gasteiger partial charge in [-0.15, -0.1) is 0 Å². The molecule has 2 N–H and O–H groups in total. The summed E-state index contributed by atoms with van der Waals surface area (Å²) in [4.78, 5) is 42.6. The van der Waals surface area contributed by atoms with E-state index < -0.39 is 33.8 Å². The van der Waals surface area contributed by atoms with Gasteiger partial charge in [-0.1, -0.05) is 18.2 Å². The number of aromatic nitrogens is 1. The molecule has 2 aromatic carbocycles. The molecule has 0 saturated heterocycles. The van der Waals surface area contributed by atoms with Gasteiger partial charge >= 0.3 is 0 Å². The van der Waals surface area contributed by atoms with Gasteiger partial charge in [-0.05, 0) is 55.5 Å². The lowest BCUT2D eigenvalue weighted by Crippen LogP contribution is -2.45. The van der Waals surface area contributed by atoms with Crippen LogP contribution in [0.15, 0.2) is 77.8 Å². The minimum atomic E-state index is -3.86. The van der Waals surface area contributed by atoms with E-state index in [0.29, 0.717) is 5.69 Å². The lowest BCUT2D eigenvalue weighted by Gasteiger charge is -2.21. The lowest BCUT2D eigenvalue weighted by atomic mass is 10.1. The average molecular weight is 450 g/mol. The van der Waals surface area contributed by atoms with E-state index >= 15 is 0 Å². The first-order chi connectivity index (χ1) is 15.3. The Balaban J connectivity index is 1.45. The standard InChI is InChI=1S/C22H18N4O5S/c1-14(26-21(28)17-6-2-3-7-18(17)22(26)29)20(27)24-15-9-11-16(12-10-15)32(30,31)25-19-8-4-5-13-23-19/h2-14H,1H3,(H,23,25)(H,24,27)/t14-/m0/s1. The van der Waals surface area contributed by atoms with Gasteiger partial charge in [0.15, 0.2) is 0 Å². The Morgan fingerprint density at radius 1 is 0.906 bits per heavy atom. The minimum Gasteiger partial charge on any atom is -0.324 e. The van der Waals surface area contributed by atoms with E-state index in [-0.39, 0.29) is 21.8 Å². The van der Waals surface area contributed by atoms with Crippen molar-refractivity contribution < 1.29 is 22.8 Å². The summed E-state index contributed by atoms with van der Waals surface area (Å²) >= 11 is 0. The van der Waals surface area contributed by atoms with Crippen LogP contribution in [0.5, 0.6) is 0 Å². The van der Waals surface area contributed by atoms with Gasteiger partial charge in [0.2, 0.25) is 5.91 Å². The number of rotatable bonds is 6. The topological polar surface area (TPSA) is 126 Å². The number of fused-ring (bicyclic) bond motifs is 1. The molecule has 10 heteroatoms. The summed E-state index contributed by atoms with van der Waals surface area (Å²) in [7, 11) is -3.86. The van der Waals surface area contributed by atoms with Gasteiger partial charge in [-0.2, -0.15) is 0 Å². The summed E-state index contributed by atoms with van der Waals surface area (Å²) in [5.41, 5.74) is 0.828. The second kappa shape index (κ2) is 8.23. The zero-order chi connectivity index (χ0) is 22.9. The number of carbonyl (C=O) groups excluding carboxylic acids is 3. The number of amides is 3. The van der Waals surface area contributed by atoms with Crippen LogP contribution in [0, 0.1) is 0 Å². The Kier molecular flexibility index (Phi) is 5.45. The van der Waals surface area contributed by atoms with E-state index in [1.807, 2.05) is 0 Å². The fourth-order valence-electron chi connectivity index (χ4n) is 3.26. The maximum atomic E-state index is 12.7. The molecule has 3 aromatic rings. The average Bonchev–Trinajstić information content (AvgIpc) is 3.04. The molecule has 1 aliphatic heterocycles. The van der Waals surface area contributed by atoms with E-state index in [2.05, 4.69) is 15.0 Å². The molecule has 0 aliphatic carbocycles. The zero-order valence-corrected chi connectivity index (χ0v) is 17.7. The van der Waals surface area contributed by atoms with Gasteiger partial charge in [-0.3, -0.25) is 24.0 Å². The monoisotopic (exact) mass is 450 g/mol. The van der Waals surface area contributed by atoms with Gasteiger partial charge in [0, 0.05) is 11.9 Å². The van der Waals surface area contributed by atoms with Crippen LogP contribution >= 0.6 is 0 Å². The molecule has 162 valence electrons. The molecule has 32 heavy (non-hydrogen) atoms. The third kappa shape index (κ3) is 3.95. The highest BCUT2D eigenvalue weighted by Crippen LogP contribution is 2.25. The van der Waals surface area contributed by atoms with E-state index in [0.717, 1.165) is 4.90 Å². The Labute approximate surface area is 184 Å². The van der Waals surface area contributed by atoms with Crippen molar-refractivity contribution >= 4 is 39.3 Å². The van der Waals surface area contributed by atoms with Crippen molar-refractivity contribution in [2.45, 2.75) is 17.9 Å². The predicted octanol–water partition coefficient (Wildman–Crippen LogP) is 2.51. The molecule has 3 amide bonds. The first-order valence-corrected chi connectivity index (χ1v) is 11.1. The largest absolute Gasteiger partial charge is 0.324 e. The second-order valence-corrected chi connectivity index (χ2v) is 8.72. The highest BCUT2D eigenvalue weighted by molar-refractivity contribution is 7.92. The van der Waals surface area contributed by atoms with Gasteiger partial charge in [0.05, 0.1) is 16.0 Å². The quantitative estimate of drug-likeness (QED) is 0.556. The number of nitrogens with zero attached hydrogens (tertiary/aromatic N) is 2. The summed E-state index contributed by atoms with van der Waals surface area (Å²) in [6, 6.07) is 15.6. The molecule has 0 fully saturated rings. The van der Waals surface area contributed by atoms with Gasteiger partial charge < -0.3 is 5.32 Å². The second-order valence-electron chi connectivity index (χ2n) is 7.04. The molecule has 4 rings (SSSR count). The number of carbonyl (C=O) groups is 3. The van der Waals surface area contributed by atoms with Crippen molar-refractivity contribution in [3.8, 4) is 0 Å². The Hall–Kier alpha value is -4.05. The number of hydrogen-bond donors (Lipinski definition) is 2. The fraction of sp³-hybridized carbons (Fsp3) is 0.0909. The first-order valence-electron chi connectivity index (χ1n) is 9.59. The molecule has 1 aromatic heterocycles. The van der Waals surface area contributed by atoms with Gasteiger partial charge in [0.1, 0.15) is 11.9 Å². The van der Waals surface area contributed by atoms with Gasteiger partial charge in [-0.25, -0.2) is 13.4 Å². The van der Waals surface area contributed by atoms with Crippen LogP contribution in [0.4, 0.5) is 11.5 Å². The molecular formula is C22H18N4O5S. The number of anilines is 2. The highest BCUT2D eigenvalue weighted by Gasteiger charge is 2.40. The van der Waals surface area contributed by atoms with Crippen molar-refractivity contribution in [3.05, 3.63) is 84.1 Å². The summed E-state index contributed by atoms with van der Waals surface area (Å²) < 4.78 is 27.3. The zero-order valence-electron chi connectivity index (χ0n) is 16.8. The smallest absolute Gasteiger partial charge is 0.263 e. The van der Waals surface area contributed by atoms with Crippen LogP contribution in [0.1, 0.15) is 27.6 Å². The summed E-state index contributed by atoms with van der Waals surface area (Å²) in [5, 5.41) is 2.60. The van der Waals surface area contributed by atoms with Crippen molar-refractivity contribution in [2.75, 3.05) is 10.0 Å². The van der Waals surface area contributed by atoms with Gasteiger partial charge in [0.25, 0.3) is 21.8 Å². The number of nitrogens with one attached hydrogen (secondary N) is 2. The van der Waals surface area contributed by atoms with Crippen molar-refractivity contribution in [2.24, 2.45) is 0 Å². The van der Waals surface area contributed by atoms with Crippen LogP contribution < -0.4 is 10.0 Å². The fourth-order valence-corrected chi connectivity index (χ4v) is 4.27. The van der Waals surface area contributed by atoms with Crippen molar-refractivity contribution in [1.29, 1.82) is 0 Å². The molecule has 0 spiro atoms. The Morgan fingerprint density at radius 2 is 1.50 bits per heavy atom. The third-order valence-electron chi connectivity index (χ3n) is 4.93. The molecule has 9 nitrogen and oxygen atoms in total. The maximum Gasteiger partial charge on any atom is 0.263 e. The summed E-state index contributed by atoms with van der Waals surface area (Å²) in [6.45, 7) is 1.45. The van der Waals surface area contributed by atoms with Crippen LogP contribution in [0.25, 0.3) is 0 Å². The number of hydrogen-bond acceptors (Lipinski definition) is 6. The van der Waals surface area contributed by atoms with Crippen LogP contribution in [-0.2, 0) is 14.8 Å². The van der Waals surface area contributed by atoms with Crippen molar-refractivity contribution in [1.82, 2.24) is 9.88 Å². The molecular weight excluding hydrogens is 432 g/mol. The van der Waals surface area contributed by atoms with Crippen LogP contribution in [-0.4, -0.2) is 42.1 Å². The van der Waals surface area contributed by atoms with Crippen LogP contribution in [0.3, 0.4) is 0 Å². The molecule has 1 atom stereocenters. The molecule has 0 radical (unpaired) electrons. The molecule has 2 heterocycles. The highest BCUT2D eigenvalue weighted by atomic mass is 32.2. The lowest BCUT2D eigenvalue weighted by molar-refractivity contribution is -0.119. The summed E-state index contributed by atoms with van der Waals surface area (Å²) in [6.07, 6.45) is 1.46. The van der Waals surface area contributed by atoms with E-state index in [9.17, 15) is 22.8 Å². The van der Waals surface area contributed by atoms with E-state index in [1.165, 1.54) is 43.5 Å². The third-order valence-corrected chi connectivity index (χ3v) is 6.30. The number of imide groups is 1. The SMILES string of the molecule is C[C@@H](C(=O)Nc1ccc(S(=O)(=O)Nc2ccccn2)cc1)N1C(=O)c2ccccc2C1=O. The number of pyridine rings is 1. The minimum absolute atomic E-state index is 0.0189. The Bertz CT molecular complexity index is 1270. The van der Waals surface area contributed by atoms with E-state index in [1.54, 1.807) is 36.4 Å². The number of sulfonamides is 1. The van der Waals surface area contributed by atoms with Crippen LogP contribution in [0.2, 0.25) is 0 Å². The molecule has 1 aliphatic rings.